The zero-order chi connectivity index (χ0) is 30.4. The molecule has 2 aliphatic carbocycles. The van der Waals surface area contributed by atoms with E-state index in [0.29, 0.717) is 18.0 Å². The zero-order valence-electron chi connectivity index (χ0n) is 27.3. The quantitative estimate of drug-likeness (QED) is 0.344. The predicted octanol–water partition coefficient (Wildman–Crippen LogP) is 8.01. The van der Waals surface area contributed by atoms with Crippen LogP contribution in [0.5, 0.6) is 0 Å². The lowest BCUT2D eigenvalue weighted by molar-refractivity contribution is 0.149. The Balaban J connectivity index is 0.000000277. The highest BCUT2D eigenvalue weighted by molar-refractivity contribution is 5.56. The Morgan fingerprint density at radius 3 is 2.56 bits per heavy atom. The van der Waals surface area contributed by atoms with Crippen molar-refractivity contribution in [1.82, 2.24) is 14.9 Å². The molecule has 6 heteroatoms. The van der Waals surface area contributed by atoms with Crippen molar-refractivity contribution in [3.8, 4) is 6.07 Å². The maximum Gasteiger partial charge on any atom is 0.136 e. The van der Waals surface area contributed by atoms with Crippen LogP contribution in [0.15, 0.2) is 18.2 Å². The smallest absolute Gasteiger partial charge is 0.136 e. The molecule has 1 aromatic heterocycles. The van der Waals surface area contributed by atoms with Gasteiger partial charge in [-0.1, -0.05) is 32.9 Å². The predicted molar refractivity (Wildman–Crippen MR) is 172 cm³/mol. The van der Waals surface area contributed by atoms with Crippen molar-refractivity contribution in [2.75, 3.05) is 24.5 Å². The fourth-order valence-corrected chi connectivity index (χ4v) is 8.66. The summed E-state index contributed by atoms with van der Waals surface area (Å²) in [5.41, 5.74) is 6.88. The standard InChI is InChI=1S/C29H38N4.C8H14FN/c1-5-26-31-25-18-28(4,13-9-21(3)22-8-7-20(2)23(17-22)19-30)14-10-24(25)27(32-26)33-16-15-29(33)11-6-12-29;1-8-3-2-4-10(8)6-7(9)5-8/h7-8,17,21H,5-6,9-16,18H2,1-4H3;7H,2-6H2,1H3. The Bertz CT molecular complexity index is 1370. The Morgan fingerprint density at radius 2 is 1.91 bits per heavy atom. The molecular formula is C37H52FN5. The third kappa shape index (κ3) is 5.84. The van der Waals surface area contributed by atoms with Crippen LogP contribution in [0.3, 0.4) is 0 Å². The highest BCUT2D eigenvalue weighted by atomic mass is 19.1. The van der Waals surface area contributed by atoms with Gasteiger partial charge in [-0.15, -0.1) is 0 Å². The van der Waals surface area contributed by atoms with E-state index in [1.807, 2.05) is 6.92 Å². The summed E-state index contributed by atoms with van der Waals surface area (Å²) < 4.78 is 12.8. The molecule has 0 radical (unpaired) electrons. The molecule has 232 valence electrons. The van der Waals surface area contributed by atoms with Crippen molar-refractivity contribution in [1.29, 1.82) is 5.26 Å². The second kappa shape index (κ2) is 11.8. The molecule has 4 heterocycles. The van der Waals surface area contributed by atoms with Gasteiger partial charge < -0.3 is 4.90 Å². The van der Waals surface area contributed by atoms with Gasteiger partial charge in [0, 0.05) is 41.8 Å². The van der Waals surface area contributed by atoms with E-state index < -0.39 is 6.17 Å². The molecule has 0 bridgehead atoms. The molecule has 7 rings (SSSR count). The van der Waals surface area contributed by atoms with Gasteiger partial charge in [0.15, 0.2) is 0 Å². The maximum absolute atomic E-state index is 12.8. The number of aromatic nitrogens is 2. The topological polar surface area (TPSA) is 56.1 Å². The number of anilines is 1. The van der Waals surface area contributed by atoms with Crippen molar-refractivity contribution in [3.63, 3.8) is 0 Å². The summed E-state index contributed by atoms with van der Waals surface area (Å²) in [6.07, 6.45) is 14.7. The van der Waals surface area contributed by atoms with E-state index in [9.17, 15) is 9.65 Å². The van der Waals surface area contributed by atoms with Crippen LogP contribution in [0.25, 0.3) is 0 Å². The highest BCUT2D eigenvalue weighted by Gasteiger charge is 2.51. The molecule has 4 unspecified atom stereocenters. The number of nitrogens with zero attached hydrogens (tertiary/aromatic N) is 5. The normalized spacial score (nSPS) is 29.5. The van der Waals surface area contributed by atoms with Crippen LogP contribution >= 0.6 is 0 Å². The van der Waals surface area contributed by atoms with Crippen molar-refractivity contribution in [2.24, 2.45) is 5.41 Å². The fraction of sp³-hybridized carbons (Fsp3) is 0.703. The summed E-state index contributed by atoms with van der Waals surface area (Å²) in [5.74, 6) is 2.76. The first kappa shape index (κ1) is 30.5. The molecule has 43 heavy (non-hydrogen) atoms. The van der Waals surface area contributed by atoms with E-state index in [4.69, 9.17) is 9.97 Å². The van der Waals surface area contributed by atoms with Gasteiger partial charge >= 0.3 is 0 Å². The number of hydrogen-bond donors (Lipinski definition) is 0. The lowest BCUT2D eigenvalue weighted by atomic mass is 9.67. The lowest BCUT2D eigenvalue weighted by Gasteiger charge is -2.60. The second-order valence-corrected chi connectivity index (χ2v) is 15.2. The van der Waals surface area contributed by atoms with Gasteiger partial charge in [-0.3, -0.25) is 4.90 Å². The third-order valence-electron chi connectivity index (χ3n) is 12.0. The van der Waals surface area contributed by atoms with Crippen LogP contribution < -0.4 is 4.90 Å². The number of aryl methyl sites for hydroxylation is 2. The lowest BCUT2D eigenvalue weighted by Crippen LogP contribution is -2.64. The SMILES string of the molecule is CC12CCCN1CC(F)C2.CCc1nc2c(c(N3CCC34CCC4)n1)CCC(C)(CCC(C)c1ccc(C)c(C#N)c1)C2. The number of rotatable bonds is 6. The second-order valence-electron chi connectivity index (χ2n) is 15.2. The molecule has 5 aliphatic rings. The van der Waals surface area contributed by atoms with Gasteiger partial charge in [0.25, 0.3) is 0 Å². The van der Waals surface area contributed by atoms with Crippen LogP contribution in [0.2, 0.25) is 0 Å². The molecule has 1 aromatic carbocycles. The van der Waals surface area contributed by atoms with Crippen molar-refractivity contribution < 1.29 is 4.39 Å². The summed E-state index contributed by atoms with van der Waals surface area (Å²) >= 11 is 0. The number of hydrogen-bond acceptors (Lipinski definition) is 5. The van der Waals surface area contributed by atoms with Gasteiger partial charge in [0.2, 0.25) is 0 Å². The number of fused-ring (bicyclic) bond motifs is 2. The Morgan fingerprint density at radius 1 is 1.09 bits per heavy atom. The summed E-state index contributed by atoms with van der Waals surface area (Å²) in [5, 5.41) is 9.40. The third-order valence-corrected chi connectivity index (χ3v) is 12.0. The Kier molecular flexibility index (Phi) is 8.35. The first-order valence-corrected chi connectivity index (χ1v) is 17.1. The van der Waals surface area contributed by atoms with E-state index in [1.165, 1.54) is 80.6 Å². The monoisotopic (exact) mass is 585 g/mol. The Hall–Kier alpha value is -2.52. The first-order chi connectivity index (χ1) is 20.6. The average Bonchev–Trinajstić information content (AvgIpc) is 3.43. The van der Waals surface area contributed by atoms with Crippen LogP contribution in [-0.4, -0.2) is 51.8 Å². The summed E-state index contributed by atoms with van der Waals surface area (Å²) in [7, 11) is 0. The summed E-state index contributed by atoms with van der Waals surface area (Å²) in [6, 6.07) is 8.74. The van der Waals surface area contributed by atoms with Crippen molar-refractivity contribution >= 4 is 5.82 Å². The first-order valence-electron chi connectivity index (χ1n) is 17.1. The molecule has 4 atom stereocenters. The maximum atomic E-state index is 12.8. The van der Waals surface area contributed by atoms with Crippen LogP contribution in [0.4, 0.5) is 10.2 Å². The molecule has 0 N–H and O–H groups in total. The van der Waals surface area contributed by atoms with Crippen LogP contribution in [-0.2, 0) is 19.3 Å². The number of benzene rings is 1. The molecular weight excluding hydrogens is 533 g/mol. The van der Waals surface area contributed by atoms with Gasteiger partial charge in [0.1, 0.15) is 17.8 Å². The number of halogens is 1. The van der Waals surface area contributed by atoms with Crippen LogP contribution in [0.1, 0.15) is 132 Å². The fourth-order valence-electron chi connectivity index (χ4n) is 8.66. The largest absolute Gasteiger partial charge is 0.350 e. The molecule has 1 spiro atoms. The van der Waals surface area contributed by atoms with Gasteiger partial charge in [-0.2, -0.15) is 5.26 Å². The molecule has 1 saturated carbocycles. The molecule has 4 fully saturated rings. The van der Waals surface area contributed by atoms with E-state index in [-0.39, 0.29) is 11.0 Å². The van der Waals surface area contributed by atoms with Crippen molar-refractivity contribution in [3.05, 3.63) is 52.0 Å². The number of alkyl halides is 1. The average molecular weight is 586 g/mol. The highest BCUT2D eigenvalue weighted by Crippen LogP contribution is 2.51. The van der Waals surface area contributed by atoms with Crippen molar-refractivity contribution in [2.45, 2.75) is 141 Å². The summed E-state index contributed by atoms with van der Waals surface area (Å²) in [4.78, 5) is 15.1. The van der Waals surface area contributed by atoms with E-state index in [2.05, 4.69) is 61.8 Å². The Labute approximate surface area is 259 Å². The molecule has 3 aliphatic heterocycles. The molecule has 2 aromatic rings. The van der Waals surface area contributed by atoms with E-state index in [0.717, 1.165) is 55.6 Å². The van der Waals surface area contributed by atoms with E-state index >= 15 is 0 Å². The number of nitriles is 1. The summed E-state index contributed by atoms with van der Waals surface area (Å²) in [6.45, 7) is 14.1. The van der Waals surface area contributed by atoms with Crippen LogP contribution in [0, 0.1) is 23.7 Å². The minimum absolute atomic E-state index is 0.236. The minimum Gasteiger partial charge on any atom is -0.350 e. The molecule has 0 amide bonds. The van der Waals surface area contributed by atoms with E-state index in [1.54, 1.807) is 0 Å². The van der Waals surface area contributed by atoms with Gasteiger partial charge in [-0.05, 0) is 126 Å². The van der Waals surface area contributed by atoms with Gasteiger partial charge in [0.05, 0.1) is 11.6 Å². The molecule has 3 saturated heterocycles. The van der Waals surface area contributed by atoms with Gasteiger partial charge in [-0.25, -0.2) is 14.4 Å². The molecule has 5 nitrogen and oxygen atoms in total. The minimum atomic E-state index is -0.551. The zero-order valence-corrected chi connectivity index (χ0v) is 27.3.